The Morgan fingerprint density at radius 1 is 1.30 bits per heavy atom. The summed E-state index contributed by atoms with van der Waals surface area (Å²) in [7, 11) is 0. The minimum absolute atomic E-state index is 0.0131. The summed E-state index contributed by atoms with van der Waals surface area (Å²) in [6.45, 7) is 5.82. The number of aromatic nitrogens is 4. The van der Waals surface area contributed by atoms with Crippen molar-refractivity contribution >= 4 is 11.6 Å². The molecule has 2 aromatic rings. The molecule has 3 rings (SSSR count). The third-order valence-corrected chi connectivity index (χ3v) is 4.79. The SMILES string of the molecule is CCC(CC)C1CCN(c2cc(C(F)(F)F)nc3ncnn23)C1. The van der Waals surface area contributed by atoms with Crippen LogP contribution in [-0.4, -0.2) is 32.7 Å². The van der Waals surface area contributed by atoms with Crippen LogP contribution in [-0.2, 0) is 6.18 Å². The minimum atomic E-state index is -4.49. The molecule has 0 N–H and O–H groups in total. The standard InChI is InChI=1S/C15H20F3N5/c1-3-10(4-2)11-5-6-22(8-11)13-7-12(15(16,17)18)21-14-19-9-20-23(13)14/h7,9-11H,3-6,8H2,1-2H3. The first-order valence-corrected chi connectivity index (χ1v) is 7.97. The molecule has 0 spiro atoms. The second kappa shape index (κ2) is 5.98. The van der Waals surface area contributed by atoms with Crippen LogP contribution in [0.4, 0.5) is 19.0 Å². The Kier molecular flexibility index (Phi) is 4.16. The third kappa shape index (κ3) is 2.98. The van der Waals surface area contributed by atoms with Gasteiger partial charge in [0.1, 0.15) is 12.1 Å². The van der Waals surface area contributed by atoms with Crippen LogP contribution in [0.25, 0.3) is 5.78 Å². The zero-order valence-corrected chi connectivity index (χ0v) is 13.2. The highest BCUT2D eigenvalue weighted by Gasteiger charge is 2.36. The Labute approximate surface area is 132 Å². The highest BCUT2D eigenvalue weighted by molar-refractivity contribution is 5.48. The van der Waals surface area contributed by atoms with E-state index in [1.54, 1.807) is 0 Å². The molecular formula is C15H20F3N5. The molecule has 1 fully saturated rings. The van der Waals surface area contributed by atoms with Gasteiger partial charge in [-0.05, 0) is 18.3 Å². The van der Waals surface area contributed by atoms with Crippen LogP contribution in [0.1, 0.15) is 38.8 Å². The van der Waals surface area contributed by atoms with Gasteiger partial charge in [-0.2, -0.15) is 27.8 Å². The molecule has 5 nitrogen and oxygen atoms in total. The van der Waals surface area contributed by atoms with E-state index in [9.17, 15) is 13.2 Å². The zero-order valence-electron chi connectivity index (χ0n) is 13.2. The summed E-state index contributed by atoms with van der Waals surface area (Å²) >= 11 is 0. The highest BCUT2D eigenvalue weighted by atomic mass is 19.4. The summed E-state index contributed by atoms with van der Waals surface area (Å²) in [5.41, 5.74) is -0.918. The van der Waals surface area contributed by atoms with E-state index in [2.05, 4.69) is 28.9 Å². The topological polar surface area (TPSA) is 46.3 Å². The minimum Gasteiger partial charge on any atom is -0.356 e. The fourth-order valence-corrected chi connectivity index (χ4v) is 3.50. The van der Waals surface area contributed by atoms with Gasteiger partial charge in [0, 0.05) is 19.2 Å². The van der Waals surface area contributed by atoms with Gasteiger partial charge in [-0.15, -0.1) is 0 Å². The molecule has 126 valence electrons. The molecule has 3 heterocycles. The molecule has 1 saturated heterocycles. The molecule has 0 aliphatic carbocycles. The van der Waals surface area contributed by atoms with Crippen LogP contribution in [0.5, 0.6) is 0 Å². The number of nitrogens with zero attached hydrogens (tertiary/aromatic N) is 5. The van der Waals surface area contributed by atoms with Crippen molar-refractivity contribution in [2.24, 2.45) is 11.8 Å². The molecule has 0 saturated carbocycles. The van der Waals surface area contributed by atoms with Gasteiger partial charge in [0.2, 0.25) is 0 Å². The van der Waals surface area contributed by atoms with Crippen LogP contribution in [0.2, 0.25) is 0 Å². The van der Waals surface area contributed by atoms with Gasteiger partial charge in [0.25, 0.3) is 5.78 Å². The predicted octanol–water partition coefficient (Wildman–Crippen LogP) is 3.41. The summed E-state index contributed by atoms with van der Waals surface area (Å²) in [4.78, 5) is 9.36. The maximum Gasteiger partial charge on any atom is 0.433 e. The molecule has 0 bridgehead atoms. The average molecular weight is 327 g/mol. The van der Waals surface area contributed by atoms with E-state index in [0.29, 0.717) is 17.7 Å². The van der Waals surface area contributed by atoms with E-state index >= 15 is 0 Å². The van der Waals surface area contributed by atoms with Crippen LogP contribution in [0.15, 0.2) is 12.4 Å². The van der Waals surface area contributed by atoms with Gasteiger partial charge in [-0.3, -0.25) is 0 Å². The molecular weight excluding hydrogens is 307 g/mol. The Balaban J connectivity index is 1.95. The molecule has 1 aliphatic rings. The second-order valence-electron chi connectivity index (χ2n) is 6.04. The van der Waals surface area contributed by atoms with Crippen molar-refractivity contribution in [3.8, 4) is 0 Å². The lowest BCUT2D eigenvalue weighted by Crippen LogP contribution is -2.25. The number of halogens is 3. The number of hydrogen-bond acceptors (Lipinski definition) is 4. The van der Waals surface area contributed by atoms with Gasteiger partial charge in [-0.1, -0.05) is 26.7 Å². The van der Waals surface area contributed by atoms with E-state index in [-0.39, 0.29) is 5.78 Å². The Hall–Kier alpha value is -1.86. The Morgan fingerprint density at radius 2 is 2.04 bits per heavy atom. The van der Waals surface area contributed by atoms with Crippen molar-refractivity contribution < 1.29 is 13.2 Å². The maximum absolute atomic E-state index is 13.1. The molecule has 0 radical (unpaired) electrons. The zero-order chi connectivity index (χ0) is 16.6. The number of fused-ring (bicyclic) bond motifs is 1. The normalized spacial score (nSPS) is 19.2. The summed E-state index contributed by atoms with van der Waals surface area (Å²) in [6, 6.07) is 1.08. The first-order chi connectivity index (χ1) is 10.9. The lowest BCUT2D eigenvalue weighted by molar-refractivity contribution is -0.141. The van der Waals surface area contributed by atoms with Gasteiger partial charge >= 0.3 is 6.18 Å². The van der Waals surface area contributed by atoms with Crippen molar-refractivity contribution in [1.29, 1.82) is 0 Å². The Morgan fingerprint density at radius 3 is 2.70 bits per heavy atom. The van der Waals surface area contributed by atoms with Crippen LogP contribution < -0.4 is 4.90 Å². The van der Waals surface area contributed by atoms with Crippen molar-refractivity contribution in [2.45, 2.75) is 39.3 Å². The molecule has 23 heavy (non-hydrogen) atoms. The van der Waals surface area contributed by atoms with Crippen molar-refractivity contribution in [2.75, 3.05) is 18.0 Å². The molecule has 8 heteroatoms. The molecule has 1 atom stereocenters. The maximum atomic E-state index is 13.1. The van der Waals surface area contributed by atoms with Gasteiger partial charge in [-0.25, -0.2) is 4.98 Å². The average Bonchev–Trinajstić information content (AvgIpc) is 3.15. The predicted molar refractivity (Wildman–Crippen MR) is 80.2 cm³/mol. The van der Waals surface area contributed by atoms with Gasteiger partial charge in [0.05, 0.1) is 0 Å². The summed E-state index contributed by atoms with van der Waals surface area (Å²) in [5.74, 6) is 1.52. The summed E-state index contributed by atoms with van der Waals surface area (Å²) in [6.07, 6.45) is -0.0701. The van der Waals surface area contributed by atoms with E-state index < -0.39 is 11.9 Å². The first kappa shape index (κ1) is 16.0. The van der Waals surface area contributed by atoms with E-state index in [4.69, 9.17) is 0 Å². The first-order valence-electron chi connectivity index (χ1n) is 7.97. The lowest BCUT2D eigenvalue weighted by atomic mass is 9.87. The number of alkyl halides is 3. The molecule has 0 amide bonds. The molecule has 2 aromatic heterocycles. The van der Waals surface area contributed by atoms with Gasteiger partial charge in [0.15, 0.2) is 5.69 Å². The monoisotopic (exact) mass is 327 g/mol. The largest absolute Gasteiger partial charge is 0.433 e. The van der Waals surface area contributed by atoms with E-state index in [1.807, 2.05) is 4.90 Å². The molecule has 0 aromatic carbocycles. The molecule has 1 unspecified atom stereocenters. The Bertz CT molecular complexity index is 677. The third-order valence-electron chi connectivity index (χ3n) is 4.79. The fourth-order valence-electron chi connectivity index (χ4n) is 3.50. The quantitative estimate of drug-likeness (QED) is 0.863. The van der Waals surface area contributed by atoms with E-state index in [1.165, 1.54) is 10.8 Å². The van der Waals surface area contributed by atoms with Crippen molar-refractivity contribution in [3.63, 3.8) is 0 Å². The second-order valence-corrected chi connectivity index (χ2v) is 6.04. The number of hydrogen-bond donors (Lipinski definition) is 0. The van der Waals surface area contributed by atoms with Crippen molar-refractivity contribution in [1.82, 2.24) is 19.6 Å². The number of anilines is 1. The van der Waals surface area contributed by atoms with Crippen molar-refractivity contribution in [3.05, 3.63) is 18.1 Å². The summed E-state index contributed by atoms with van der Waals surface area (Å²) in [5, 5.41) is 4.03. The van der Waals surface area contributed by atoms with Gasteiger partial charge < -0.3 is 4.90 Å². The lowest BCUT2D eigenvalue weighted by Gasteiger charge is -2.23. The van der Waals surface area contributed by atoms with E-state index in [0.717, 1.165) is 38.4 Å². The number of rotatable bonds is 4. The molecule has 1 aliphatic heterocycles. The smallest absolute Gasteiger partial charge is 0.356 e. The van der Waals surface area contributed by atoms with Crippen LogP contribution in [0.3, 0.4) is 0 Å². The highest BCUT2D eigenvalue weighted by Crippen LogP contribution is 2.34. The van der Waals surface area contributed by atoms with Crippen LogP contribution >= 0.6 is 0 Å². The fraction of sp³-hybridized carbons (Fsp3) is 0.667. The van der Waals surface area contributed by atoms with Crippen LogP contribution in [0, 0.1) is 11.8 Å². The summed E-state index contributed by atoms with van der Waals surface area (Å²) < 4.78 is 40.6.